The number of amides is 1. The van der Waals surface area contributed by atoms with Gasteiger partial charge in [0.2, 0.25) is 5.91 Å². The molecule has 0 saturated carbocycles. The van der Waals surface area contributed by atoms with Crippen molar-refractivity contribution >= 4 is 35.2 Å². The molecule has 0 aromatic heterocycles. The average molecular weight is 441 g/mol. The van der Waals surface area contributed by atoms with E-state index in [4.69, 9.17) is 23.2 Å². The lowest BCUT2D eigenvalue weighted by Gasteiger charge is -2.34. The second kappa shape index (κ2) is 10.1. The average Bonchev–Trinajstić information content (AvgIpc) is 2.69. The molecule has 1 aliphatic rings. The smallest absolute Gasteiger partial charge is 0.387 e. The van der Waals surface area contributed by atoms with Crippen molar-refractivity contribution in [1.82, 2.24) is 9.80 Å². The second-order valence-corrected chi connectivity index (χ2v) is 7.46. The third-order valence-electron chi connectivity index (χ3n) is 4.62. The number of benzene rings is 2. The van der Waals surface area contributed by atoms with Crippen molar-refractivity contribution in [2.45, 2.75) is 13.2 Å². The standard InChI is InChI=1S/C21H20Cl2F2N2O2/c22-17-5-4-16(19(23)13-17)14-26-9-11-27(12-10-26)20(28)8-3-15-1-6-18(7-2-15)29-21(24)25/h1-8,13,21H,9-12,14H2. The van der Waals surface area contributed by atoms with Crippen LogP contribution in [0.5, 0.6) is 5.75 Å². The number of halogens is 4. The minimum atomic E-state index is -2.85. The van der Waals surface area contributed by atoms with Gasteiger partial charge in [0, 0.05) is 48.8 Å². The van der Waals surface area contributed by atoms with E-state index in [0.717, 1.165) is 24.2 Å². The number of alkyl halides is 2. The molecule has 1 fully saturated rings. The Balaban J connectivity index is 1.48. The van der Waals surface area contributed by atoms with Gasteiger partial charge in [-0.05, 0) is 41.5 Å². The van der Waals surface area contributed by atoms with E-state index in [2.05, 4.69) is 9.64 Å². The Morgan fingerprint density at radius 1 is 1.07 bits per heavy atom. The highest BCUT2D eigenvalue weighted by molar-refractivity contribution is 6.35. The van der Waals surface area contributed by atoms with Gasteiger partial charge in [0.05, 0.1) is 0 Å². The number of carbonyl (C=O) groups excluding carboxylic acids is 1. The topological polar surface area (TPSA) is 32.8 Å². The van der Waals surface area contributed by atoms with Gasteiger partial charge < -0.3 is 9.64 Å². The number of hydrogen-bond acceptors (Lipinski definition) is 3. The first kappa shape index (κ1) is 21.6. The zero-order valence-electron chi connectivity index (χ0n) is 15.5. The number of carbonyl (C=O) groups is 1. The van der Waals surface area contributed by atoms with Crippen LogP contribution in [0.25, 0.3) is 6.08 Å². The van der Waals surface area contributed by atoms with Gasteiger partial charge in [-0.15, -0.1) is 0 Å². The minimum absolute atomic E-state index is 0.0814. The molecule has 2 aromatic rings. The van der Waals surface area contributed by atoms with Crippen LogP contribution >= 0.6 is 23.2 Å². The van der Waals surface area contributed by atoms with E-state index in [9.17, 15) is 13.6 Å². The predicted octanol–water partition coefficient (Wildman–Crippen LogP) is 4.95. The van der Waals surface area contributed by atoms with Crippen LogP contribution in [0.1, 0.15) is 11.1 Å². The fourth-order valence-electron chi connectivity index (χ4n) is 3.05. The first-order valence-corrected chi connectivity index (χ1v) is 9.84. The largest absolute Gasteiger partial charge is 0.435 e. The third kappa shape index (κ3) is 6.42. The molecule has 1 aliphatic heterocycles. The lowest BCUT2D eigenvalue weighted by Crippen LogP contribution is -2.47. The number of nitrogens with zero attached hydrogens (tertiary/aromatic N) is 2. The first-order chi connectivity index (χ1) is 13.9. The van der Waals surface area contributed by atoms with Crippen molar-refractivity contribution in [3.63, 3.8) is 0 Å². The summed E-state index contributed by atoms with van der Waals surface area (Å²) in [6.07, 6.45) is 3.16. The Labute approximate surface area is 178 Å². The molecule has 1 amide bonds. The second-order valence-electron chi connectivity index (χ2n) is 6.62. The van der Waals surface area contributed by atoms with Gasteiger partial charge >= 0.3 is 6.61 Å². The molecule has 3 rings (SSSR count). The summed E-state index contributed by atoms with van der Waals surface area (Å²) in [4.78, 5) is 16.4. The number of rotatable bonds is 6. The quantitative estimate of drug-likeness (QED) is 0.595. The molecule has 0 radical (unpaired) electrons. The van der Waals surface area contributed by atoms with Gasteiger partial charge in [-0.3, -0.25) is 9.69 Å². The van der Waals surface area contributed by atoms with E-state index in [-0.39, 0.29) is 11.7 Å². The summed E-state index contributed by atoms with van der Waals surface area (Å²) in [6.45, 7) is 0.593. The first-order valence-electron chi connectivity index (χ1n) is 9.09. The van der Waals surface area contributed by atoms with Gasteiger partial charge in [-0.25, -0.2) is 0 Å². The van der Waals surface area contributed by atoms with Gasteiger partial charge in [-0.2, -0.15) is 8.78 Å². The van der Waals surface area contributed by atoms with Gasteiger partial charge in [0.25, 0.3) is 0 Å². The van der Waals surface area contributed by atoms with Crippen molar-refractivity contribution in [3.8, 4) is 5.75 Å². The molecule has 29 heavy (non-hydrogen) atoms. The summed E-state index contributed by atoms with van der Waals surface area (Å²) in [5.74, 6) is 0.00229. The van der Waals surface area contributed by atoms with E-state index in [1.807, 2.05) is 12.1 Å². The highest BCUT2D eigenvalue weighted by Gasteiger charge is 2.20. The SMILES string of the molecule is O=C(C=Cc1ccc(OC(F)F)cc1)N1CCN(Cc2ccc(Cl)cc2Cl)CC1. The van der Waals surface area contributed by atoms with Gasteiger partial charge in [-0.1, -0.05) is 41.4 Å². The Morgan fingerprint density at radius 3 is 2.38 bits per heavy atom. The monoisotopic (exact) mass is 440 g/mol. The molecule has 4 nitrogen and oxygen atoms in total. The molecule has 8 heteroatoms. The van der Waals surface area contributed by atoms with Crippen molar-refractivity contribution in [1.29, 1.82) is 0 Å². The van der Waals surface area contributed by atoms with Crippen molar-refractivity contribution in [2.75, 3.05) is 26.2 Å². The maximum Gasteiger partial charge on any atom is 0.387 e. The summed E-state index contributed by atoms with van der Waals surface area (Å²) >= 11 is 12.2. The van der Waals surface area contributed by atoms with Crippen LogP contribution < -0.4 is 4.74 Å². The molecule has 2 aromatic carbocycles. The van der Waals surface area contributed by atoms with Crippen LogP contribution in [0.15, 0.2) is 48.5 Å². The molecule has 154 valence electrons. The van der Waals surface area contributed by atoms with Crippen LogP contribution in [0.2, 0.25) is 10.0 Å². The zero-order valence-corrected chi connectivity index (χ0v) is 17.0. The fraction of sp³-hybridized carbons (Fsp3) is 0.286. The van der Waals surface area contributed by atoms with E-state index in [0.29, 0.717) is 29.7 Å². The molecule has 0 aliphatic carbocycles. The van der Waals surface area contributed by atoms with Gasteiger partial charge in [0.15, 0.2) is 0 Å². The number of hydrogen-bond donors (Lipinski definition) is 0. The summed E-state index contributed by atoms with van der Waals surface area (Å²) in [5.41, 5.74) is 1.74. The Bertz CT molecular complexity index is 867. The molecule has 0 atom stereocenters. The van der Waals surface area contributed by atoms with Gasteiger partial charge in [0.1, 0.15) is 5.75 Å². The lowest BCUT2D eigenvalue weighted by molar-refractivity contribution is -0.127. The molecule has 0 spiro atoms. The zero-order chi connectivity index (χ0) is 20.8. The predicted molar refractivity (Wildman–Crippen MR) is 110 cm³/mol. The van der Waals surface area contributed by atoms with Crippen LogP contribution in [-0.4, -0.2) is 48.5 Å². The lowest BCUT2D eigenvalue weighted by atomic mass is 10.2. The maximum atomic E-state index is 12.4. The van der Waals surface area contributed by atoms with Crippen molar-refractivity contribution < 1.29 is 18.3 Å². The maximum absolute atomic E-state index is 12.4. The molecule has 1 saturated heterocycles. The highest BCUT2D eigenvalue weighted by atomic mass is 35.5. The fourth-order valence-corrected chi connectivity index (χ4v) is 3.52. The Kier molecular flexibility index (Phi) is 7.47. The summed E-state index contributed by atoms with van der Waals surface area (Å²) in [7, 11) is 0. The molecule has 0 bridgehead atoms. The van der Waals surface area contributed by atoms with E-state index >= 15 is 0 Å². The van der Waals surface area contributed by atoms with E-state index in [1.165, 1.54) is 18.2 Å². The minimum Gasteiger partial charge on any atom is -0.435 e. The molecule has 0 N–H and O–H groups in total. The van der Waals surface area contributed by atoms with E-state index < -0.39 is 6.61 Å². The van der Waals surface area contributed by atoms with Crippen molar-refractivity contribution in [2.24, 2.45) is 0 Å². The molecular weight excluding hydrogens is 421 g/mol. The Hall–Kier alpha value is -2.15. The summed E-state index contributed by atoms with van der Waals surface area (Å²) in [6, 6.07) is 11.6. The summed E-state index contributed by atoms with van der Waals surface area (Å²) < 4.78 is 28.6. The molecule has 1 heterocycles. The van der Waals surface area contributed by atoms with E-state index in [1.54, 1.807) is 29.2 Å². The summed E-state index contributed by atoms with van der Waals surface area (Å²) in [5, 5.41) is 1.25. The molecular formula is C21H20Cl2F2N2O2. The number of piperazine rings is 1. The van der Waals surface area contributed by atoms with Crippen LogP contribution in [0.3, 0.4) is 0 Å². The molecule has 0 unspecified atom stereocenters. The van der Waals surface area contributed by atoms with Crippen LogP contribution in [-0.2, 0) is 11.3 Å². The highest BCUT2D eigenvalue weighted by Crippen LogP contribution is 2.23. The third-order valence-corrected chi connectivity index (χ3v) is 5.20. The Morgan fingerprint density at radius 2 is 1.76 bits per heavy atom. The normalized spacial score (nSPS) is 15.3. The van der Waals surface area contributed by atoms with Crippen LogP contribution in [0, 0.1) is 0 Å². The number of ether oxygens (including phenoxy) is 1. The van der Waals surface area contributed by atoms with Crippen LogP contribution in [0.4, 0.5) is 8.78 Å². The van der Waals surface area contributed by atoms with Crippen molar-refractivity contribution in [3.05, 3.63) is 69.7 Å².